The molecule has 0 bridgehead atoms. The molecule has 1 aliphatic rings. The fourth-order valence-corrected chi connectivity index (χ4v) is 2.66. The number of hydrogen-bond acceptors (Lipinski definition) is 5. The van der Waals surface area contributed by atoms with Gasteiger partial charge in [0, 0.05) is 31.7 Å². The Kier molecular flexibility index (Phi) is 2.33. The number of anilines is 1. The number of nitrogens with one attached hydrogen (secondary N) is 1. The predicted octanol–water partition coefficient (Wildman–Crippen LogP) is 1.88. The van der Waals surface area contributed by atoms with Gasteiger partial charge in [-0.1, -0.05) is 0 Å². The summed E-state index contributed by atoms with van der Waals surface area (Å²) in [6, 6.07) is 4.92. The molecule has 0 aliphatic carbocycles. The standard InChI is InChI=1S/C12H8N2O2S2/c13-10-5-1-4(17)2-6-9(5)7(3-8(10)18)12(16)14-11(6)15/h1-3,17-18H,13H2,(H,14,15,16). The van der Waals surface area contributed by atoms with Crippen molar-refractivity contribution in [3.8, 4) is 0 Å². The summed E-state index contributed by atoms with van der Waals surface area (Å²) in [7, 11) is 0. The fraction of sp³-hybridized carbons (Fsp3) is 0. The molecule has 0 fully saturated rings. The van der Waals surface area contributed by atoms with Crippen LogP contribution in [0.25, 0.3) is 10.8 Å². The summed E-state index contributed by atoms with van der Waals surface area (Å²) in [5, 5.41) is 3.48. The molecule has 3 N–H and O–H groups in total. The highest BCUT2D eigenvalue weighted by Gasteiger charge is 2.26. The van der Waals surface area contributed by atoms with Crippen LogP contribution in [-0.4, -0.2) is 11.8 Å². The molecule has 4 nitrogen and oxygen atoms in total. The zero-order chi connectivity index (χ0) is 13.0. The Morgan fingerprint density at radius 1 is 1.00 bits per heavy atom. The minimum atomic E-state index is -0.431. The van der Waals surface area contributed by atoms with Crippen molar-refractivity contribution < 1.29 is 9.59 Å². The molecule has 0 atom stereocenters. The Morgan fingerprint density at radius 3 is 2.28 bits per heavy atom. The summed E-state index contributed by atoms with van der Waals surface area (Å²) in [5.41, 5.74) is 7.20. The molecule has 18 heavy (non-hydrogen) atoms. The predicted molar refractivity (Wildman–Crippen MR) is 74.7 cm³/mol. The van der Waals surface area contributed by atoms with Gasteiger partial charge in [-0.05, 0) is 18.2 Å². The average molecular weight is 276 g/mol. The number of rotatable bonds is 0. The van der Waals surface area contributed by atoms with Crippen LogP contribution in [0.2, 0.25) is 0 Å². The maximum Gasteiger partial charge on any atom is 0.258 e. The van der Waals surface area contributed by atoms with Gasteiger partial charge in [-0.2, -0.15) is 0 Å². The zero-order valence-corrected chi connectivity index (χ0v) is 10.8. The molecule has 2 aromatic rings. The van der Waals surface area contributed by atoms with E-state index in [2.05, 4.69) is 30.6 Å². The van der Waals surface area contributed by atoms with E-state index in [9.17, 15) is 9.59 Å². The Morgan fingerprint density at radius 2 is 1.61 bits per heavy atom. The van der Waals surface area contributed by atoms with Crippen molar-refractivity contribution in [2.24, 2.45) is 0 Å². The maximum absolute atomic E-state index is 11.8. The molecule has 0 radical (unpaired) electrons. The van der Waals surface area contributed by atoms with Crippen LogP contribution in [0.5, 0.6) is 0 Å². The first-order chi connectivity index (χ1) is 8.49. The summed E-state index contributed by atoms with van der Waals surface area (Å²) in [6.45, 7) is 0. The first kappa shape index (κ1) is 11.4. The van der Waals surface area contributed by atoms with Gasteiger partial charge in [0.05, 0.1) is 5.69 Å². The van der Waals surface area contributed by atoms with Crippen LogP contribution in [0.15, 0.2) is 28.0 Å². The smallest absolute Gasteiger partial charge is 0.258 e. The lowest BCUT2D eigenvalue weighted by molar-refractivity contribution is 0.0844. The highest BCUT2D eigenvalue weighted by atomic mass is 32.1. The number of nitrogens with two attached hydrogens (primary N) is 1. The molecule has 0 saturated carbocycles. The number of amides is 2. The zero-order valence-electron chi connectivity index (χ0n) is 9.02. The van der Waals surface area contributed by atoms with Gasteiger partial charge in [-0.25, -0.2) is 0 Å². The van der Waals surface area contributed by atoms with Gasteiger partial charge in [0.25, 0.3) is 11.8 Å². The summed E-state index contributed by atoms with van der Waals surface area (Å²) in [4.78, 5) is 24.7. The highest BCUT2D eigenvalue weighted by molar-refractivity contribution is 7.80. The van der Waals surface area contributed by atoms with Gasteiger partial charge in [0.2, 0.25) is 0 Å². The Bertz CT molecular complexity index is 720. The number of benzene rings is 2. The van der Waals surface area contributed by atoms with Crippen molar-refractivity contribution >= 4 is 53.5 Å². The molecule has 0 saturated heterocycles. The quantitative estimate of drug-likeness (QED) is 0.337. The van der Waals surface area contributed by atoms with Gasteiger partial charge in [0.1, 0.15) is 0 Å². The SMILES string of the molecule is Nc1c(S)cc2c3c(cc(S)cc13)C(=O)NC2=O. The molecule has 1 aliphatic heterocycles. The van der Waals surface area contributed by atoms with Gasteiger partial charge in [-0.15, -0.1) is 25.3 Å². The van der Waals surface area contributed by atoms with Crippen molar-refractivity contribution in [2.75, 3.05) is 5.73 Å². The fourth-order valence-electron chi connectivity index (χ4n) is 2.15. The van der Waals surface area contributed by atoms with Gasteiger partial charge in [0.15, 0.2) is 0 Å². The normalized spacial score (nSPS) is 13.9. The summed E-state index contributed by atoms with van der Waals surface area (Å²) in [5.74, 6) is -0.862. The molecule has 1 heterocycles. The van der Waals surface area contributed by atoms with E-state index >= 15 is 0 Å². The Labute approximate surface area is 113 Å². The van der Waals surface area contributed by atoms with Crippen molar-refractivity contribution in [3.63, 3.8) is 0 Å². The van der Waals surface area contributed by atoms with E-state index < -0.39 is 11.8 Å². The number of carbonyl (C=O) groups excluding carboxylic acids is 2. The third-order valence-electron chi connectivity index (χ3n) is 2.96. The largest absolute Gasteiger partial charge is 0.397 e. The summed E-state index contributed by atoms with van der Waals surface area (Å²) in [6.07, 6.45) is 0. The van der Waals surface area contributed by atoms with Crippen LogP contribution in [-0.2, 0) is 0 Å². The lowest BCUT2D eigenvalue weighted by Gasteiger charge is -2.19. The van der Waals surface area contributed by atoms with Crippen LogP contribution in [0.4, 0.5) is 5.69 Å². The van der Waals surface area contributed by atoms with Crippen LogP contribution >= 0.6 is 25.3 Å². The Balaban J connectivity index is 2.60. The molecule has 6 heteroatoms. The van der Waals surface area contributed by atoms with E-state index in [1.807, 2.05) is 0 Å². The lowest BCUT2D eigenvalue weighted by atomic mass is 9.94. The van der Waals surface area contributed by atoms with Gasteiger partial charge in [-0.3, -0.25) is 14.9 Å². The number of nitrogen functional groups attached to an aromatic ring is 1. The molecule has 2 aromatic carbocycles. The Hall–Kier alpha value is -1.66. The second-order valence-corrected chi connectivity index (χ2v) is 5.05. The minimum Gasteiger partial charge on any atom is -0.397 e. The van der Waals surface area contributed by atoms with E-state index in [1.54, 1.807) is 18.2 Å². The van der Waals surface area contributed by atoms with Gasteiger partial charge < -0.3 is 5.73 Å². The maximum atomic E-state index is 11.8. The molecule has 3 rings (SSSR count). The molecule has 0 spiro atoms. The second-order valence-electron chi connectivity index (χ2n) is 4.06. The average Bonchev–Trinajstić information content (AvgIpc) is 2.31. The van der Waals surface area contributed by atoms with E-state index in [1.165, 1.54) is 0 Å². The summed E-state index contributed by atoms with van der Waals surface area (Å²) < 4.78 is 0. The van der Waals surface area contributed by atoms with Crippen molar-refractivity contribution in [2.45, 2.75) is 9.79 Å². The molecular formula is C12H8N2O2S2. The molecular weight excluding hydrogens is 268 g/mol. The van der Waals surface area contributed by atoms with E-state index in [4.69, 9.17) is 5.73 Å². The number of carbonyl (C=O) groups is 2. The molecule has 2 amide bonds. The van der Waals surface area contributed by atoms with E-state index in [0.717, 1.165) is 0 Å². The highest BCUT2D eigenvalue weighted by Crippen LogP contribution is 2.36. The van der Waals surface area contributed by atoms with Crippen LogP contribution in [0.1, 0.15) is 20.7 Å². The van der Waals surface area contributed by atoms with E-state index in [-0.39, 0.29) is 0 Å². The summed E-state index contributed by atoms with van der Waals surface area (Å²) >= 11 is 8.48. The number of thiol groups is 2. The third-order valence-corrected chi connectivity index (χ3v) is 3.58. The van der Waals surface area contributed by atoms with Crippen LogP contribution < -0.4 is 11.1 Å². The third kappa shape index (κ3) is 1.42. The van der Waals surface area contributed by atoms with Crippen molar-refractivity contribution in [1.82, 2.24) is 5.32 Å². The first-order valence-corrected chi connectivity index (χ1v) is 6.02. The topological polar surface area (TPSA) is 72.2 Å². The van der Waals surface area contributed by atoms with Crippen molar-refractivity contribution in [1.29, 1.82) is 0 Å². The van der Waals surface area contributed by atoms with Gasteiger partial charge >= 0.3 is 0 Å². The lowest BCUT2D eigenvalue weighted by Crippen LogP contribution is -2.34. The number of imide groups is 1. The van der Waals surface area contributed by atoms with Crippen LogP contribution in [0.3, 0.4) is 0 Å². The second kappa shape index (κ2) is 3.66. The molecule has 0 unspecified atom stereocenters. The monoisotopic (exact) mass is 276 g/mol. The van der Waals surface area contributed by atoms with Crippen molar-refractivity contribution in [3.05, 3.63) is 29.3 Å². The number of hydrogen-bond donors (Lipinski definition) is 4. The van der Waals surface area contributed by atoms with E-state index in [0.29, 0.717) is 37.4 Å². The molecule has 90 valence electrons. The minimum absolute atomic E-state index is 0.409. The molecule has 0 aromatic heterocycles. The van der Waals surface area contributed by atoms with Crippen LogP contribution in [0, 0.1) is 0 Å². The first-order valence-electron chi connectivity index (χ1n) is 5.13.